The van der Waals surface area contributed by atoms with E-state index < -0.39 is 0 Å². The van der Waals surface area contributed by atoms with Crippen LogP contribution in [0.4, 0.5) is 0 Å². The summed E-state index contributed by atoms with van der Waals surface area (Å²) in [7, 11) is 1.95. The van der Waals surface area contributed by atoms with Crippen LogP contribution in [-0.4, -0.2) is 33.8 Å². The Morgan fingerprint density at radius 1 is 1.31 bits per heavy atom. The molecule has 1 atom stereocenters. The van der Waals surface area contributed by atoms with Gasteiger partial charge in [-0.2, -0.15) is 0 Å². The van der Waals surface area contributed by atoms with Crippen LogP contribution >= 0.6 is 24.0 Å². The Balaban J connectivity index is 0.00000338. The molecule has 0 amide bonds. The highest BCUT2D eigenvalue weighted by molar-refractivity contribution is 14.0. The molecule has 6 nitrogen and oxygen atoms in total. The van der Waals surface area contributed by atoms with Gasteiger partial charge in [0.2, 0.25) is 0 Å². The molecule has 0 bridgehead atoms. The standard InChI is InChI=1S/C19H28N6.HI/c1-6-10-20-19(22-13-18-24-23-16(4)25(18)5)21-12-15(3)17-9-7-8-14(2)11-17;/h6-9,11,15H,1,10,12-13H2,2-5H3,(H2,20,21,22);1H. The first-order valence-corrected chi connectivity index (χ1v) is 8.55. The highest BCUT2D eigenvalue weighted by Gasteiger charge is 2.08. The quantitative estimate of drug-likeness (QED) is 0.284. The van der Waals surface area contributed by atoms with Gasteiger partial charge in [0.1, 0.15) is 12.4 Å². The van der Waals surface area contributed by atoms with Gasteiger partial charge in [-0.15, -0.1) is 40.8 Å². The van der Waals surface area contributed by atoms with Crippen molar-refractivity contribution in [2.45, 2.75) is 33.2 Å². The van der Waals surface area contributed by atoms with E-state index in [0.717, 1.165) is 24.2 Å². The van der Waals surface area contributed by atoms with E-state index in [0.29, 0.717) is 19.0 Å². The lowest BCUT2D eigenvalue weighted by atomic mass is 9.99. The first kappa shape index (κ1) is 22.1. The van der Waals surface area contributed by atoms with Gasteiger partial charge in [0, 0.05) is 20.1 Å². The van der Waals surface area contributed by atoms with Crippen molar-refractivity contribution in [1.82, 2.24) is 25.4 Å². The zero-order valence-corrected chi connectivity index (χ0v) is 18.3. The number of hydrogen-bond acceptors (Lipinski definition) is 3. The van der Waals surface area contributed by atoms with Gasteiger partial charge < -0.3 is 15.2 Å². The average molecular weight is 468 g/mol. The van der Waals surface area contributed by atoms with Gasteiger partial charge >= 0.3 is 0 Å². The first-order chi connectivity index (χ1) is 12.0. The van der Waals surface area contributed by atoms with Crippen LogP contribution in [0.25, 0.3) is 0 Å². The summed E-state index contributed by atoms with van der Waals surface area (Å²) in [4.78, 5) is 4.61. The molecular formula is C19H29IN6. The summed E-state index contributed by atoms with van der Waals surface area (Å²) in [5.74, 6) is 2.85. The average Bonchev–Trinajstić information content (AvgIpc) is 2.92. The van der Waals surface area contributed by atoms with Crippen molar-refractivity contribution in [2.24, 2.45) is 12.0 Å². The molecule has 0 saturated heterocycles. The zero-order valence-electron chi connectivity index (χ0n) is 16.0. The summed E-state index contributed by atoms with van der Waals surface area (Å²) in [6.07, 6.45) is 1.81. The third-order valence-corrected chi connectivity index (χ3v) is 4.16. The molecule has 1 heterocycles. The molecule has 7 heteroatoms. The molecule has 26 heavy (non-hydrogen) atoms. The van der Waals surface area contributed by atoms with Gasteiger partial charge in [0.05, 0.1) is 0 Å². The van der Waals surface area contributed by atoms with Crippen LogP contribution in [0, 0.1) is 13.8 Å². The zero-order chi connectivity index (χ0) is 18.2. The third-order valence-electron chi connectivity index (χ3n) is 4.16. The van der Waals surface area contributed by atoms with E-state index in [4.69, 9.17) is 0 Å². The smallest absolute Gasteiger partial charge is 0.191 e. The molecule has 0 aliphatic carbocycles. The molecule has 0 saturated carbocycles. The lowest BCUT2D eigenvalue weighted by Gasteiger charge is -2.16. The van der Waals surface area contributed by atoms with Crippen molar-refractivity contribution in [3.8, 4) is 0 Å². The van der Waals surface area contributed by atoms with Crippen molar-refractivity contribution in [2.75, 3.05) is 13.1 Å². The summed E-state index contributed by atoms with van der Waals surface area (Å²) in [6.45, 7) is 11.9. The fourth-order valence-electron chi connectivity index (χ4n) is 2.43. The molecular weight excluding hydrogens is 439 g/mol. The number of halogens is 1. The fraction of sp³-hybridized carbons (Fsp3) is 0.421. The molecule has 0 radical (unpaired) electrons. The summed E-state index contributed by atoms with van der Waals surface area (Å²) in [6, 6.07) is 8.60. The minimum atomic E-state index is 0. The van der Waals surface area contributed by atoms with Gasteiger partial charge in [0.15, 0.2) is 11.8 Å². The second-order valence-corrected chi connectivity index (χ2v) is 6.25. The van der Waals surface area contributed by atoms with E-state index in [1.165, 1.54) is 11.1 Å². The van der Waals surface area contributed by atoms with Gasteiger partial charge in [-0.05, 0) is 25.3 Å². The van der Waals surface area contributed by atoms with E-state index >= 15 is 0 Å². The Morgan fingerprint density at radius 2 is 2.08 bits per heavy atom. The van der Waals surface area contributed by atoms with E-state index in [9.17, 15) is 0 Å². The van der Waals surface area contributed by atoms with Crippen molar-refractivity contribution in [1.29, 1.82) is 0 Å². The topological polar surface area (TPSA) is 67.1 Å². The maximum atomic E-state index is 4.61. The normalized spacial score (nSPS) is 12.2. The minimum Gasteiger partial charge on any atom is -0.356 e. The number of guanidine groups is 1. The summed E-state index contributed by atoms with van der Waals surface area (Å²) >= 11 is 0. The number of nitrogens with zero attached hydrogens (tertiary/aromatic N) is 4. The van der Waals surface area contributed by atoms with Gasteiger partial charge in [-0.1, -0.05) is 42.8 Å². The maximum absolute atomic E-state index is 4.61. The fourth-order valence-corrected chi connectivity index (χ4v) is 2.43. The SMILES string of the molecule is C=CCNC(=NCc1nnc(C)n1C)NCC(C)c1cccc(C)c1.I. The van der Waals surface area contributed by atoms with Crippen molar-refractivity contribution in [3.63, 3.8) is 0 Å². The first-order valence-electron chi connectivity index (χ1n) is 8.55. The van der Waals surface area contributed by atoms with Crippen LogP contribution in [0.15, 0.2) is 41.9 Å². The Labute approximate surface area is 173 Å². The molecule has 2 rings (SSSR count). The molecule has 0 fully saturated rings. The maximum Gasteiger partial charge on any atom is 0.191 e. The van der Waals surface area contributed by atoms with Gasteiger partial charge in [-0.25, -0.2) is 4.99 Å². The van der Waals surface area contributed by atoms with Crippen molar-refractivity contribution >= 4 is 29.9 Å². The van der Waals surface area contributed by atoms with E-state index in [2.05, 4.69) is 70.5 Å². The summed E-state index contributed by atoms with van der Waals surface area (Å²) < 4.78 is 1.95. The number of aryl methyl sites for hydroxylation is 2. The number of aromatic nitrogens is 3. The lowest BCUT2D eigenvalue weighted by molar-refractivity contribution is 0.697. The predicted octanol–water partition coefficient (Wildman–Crippen LogP) is 3.07. The van der Waals surface area contributed by atoms with Crippen LogP contribution in [0.2, 0.25) is 0 Å². The molecule has 0 aliphatic heterocycles. The van der Waals surface area contributed by atoms with Crippen LogP contribution in [0.5, 0.6) is 0 Å². The molecule has 1 aromatic carbocycles. The molecule has 0 aliphatic rings. The highest BCUT2D eigenvalue weighted by Crippen LogP contribution is 2.15. The number of rotatable bonds is 7. The van der Waals surface area contributed by atoms with Crippen LogP contribution in [-0.2, 0) is 13.6 Å². The second kappa shape index (κ2) is 10.9. The number of benzene rings is 1. The van der Waals surface area contributed by atoms with Crippen molar-refractivity contribution in [3.05, 3.63) is 59.7 Å². The molecule has 1 unspecified atom stereocenters. The number of nitrogens with one attached hydrogen (secondary N) is 2. The Kier molecular flexibility index (Phi) is 9.32. The van der Waals surface area contributed by atoms with Crippen molar-refractivity contribution < 1.29 is 0 Å². The van der Waals surface area contributed by atoms with E-state index in [1.54, 1.807) is 0 Å². The van der Waals surface area contributed by atoms with Crippen LogP contribution in [0.3, 0.4) is 0 Å². The monoisotopic (exact) mass is 468 g/mol. The molecule has 0 spiro atoms. The molecule has 2 N–H and O–H groups in total. The van der Waals surface area contributed by atoms with E-state index in [1.807, 2.05) is 24.6 Å². The summed E-state index contributed by atoms with van der Waals surface area (Å²) in [5.41, 5.74) is 2.60. The molecule has 1 aromatic heterocycles. The predicted molar refractivity (Wildman–Crippen MR) is 118 cm³/mol. The third kappa shape index (κ3) is 6.44. The number of aliphatic imine (C=N–C) groups is 1. The Hall–Kier alpha value is -1.90. The lowest BCUT2D eigenvalue weighted by Crippen LogP contribution is -2.39. The molecule has 2 aromatic rings. The largest absolute Gasteiger partial charge is 0.356 e. The van der Waals surface area contributed by atoms with Gasteiger partial charge in [0.25, 0.3) is 0 Å². The highest BCUT2D eigenvalue weighted by atomic mass is 127. The van der Waals surface area contributed by atoms with Gasteiger partial charge in [-0.3, -0.25) is 0 Å². The Morgan fingerprint density at radius 3 is 2.69 bits per heavy atom. The second-order valence-electron chi connectivity index (χ2n) is 6.25. The molecule has 142 valence electrons. The summed E-state index contributed by atoms with van der Waals surface area (Å²) in [5, 5.41) is 14.9. The minimum absolute atomic E-state index is 0. The Bertz CT molecular complexity index is 737. The van der Waals surface area contributed by atoms with Crippen LogP contribution < -0.4 is 10.6 Å². The van der Waals surface area contributed by atoms with E-state index in [-0.39, 0.29) is 24.0 Å². The van der Waals surface area contributed by atoms with Crippen LogP contribution in [0.1, 0.15) is 35.6 Å². The number of hydrogen-bond donors (Lipinski definition) is 2.